The maximum absolute atomic E-state index is 13.1. The van der Waals surface area contributed by atoms with E-state index in [1.54, 1.807) is 12.1 Å². The first-order chi connectivity index (χ1) is 14.6. The summed E-state index contributed by atoms with van der Waals surface area (Å²) in [5.74, 6) is 1.06. The Kier molecular flexibility index (Phi) is 10.4. The molecule has 0 aromatic heterocycles. The van der Waals surface area contributed by atoms with Crippen molar-refractivity contribution < 1.29 is 18.7 Å². The molecule has 2 aromatic carbocycles. The number of hydrogen-bond donors (Lipinski definition) is 1. The second-order valence-electron chi connectivity index (χ2n) is 7.27. The molecule has 5 nitrogen and oxygen atoms in total. The third-order valence-electron chi connectivity index (χ3n) is 4.95. The Morgan fingerprint density at radius 1 is 1.16 bits per heavy atom. The van der Waals surface area contributed by atoms with Gasteiger partial charge in [0.25, 0.3) is 0 Å². The zero-order chi connectivity index (χ0) is 21.3. The Hall–Kier alpha value is -2.02. The quantitative estimate of drug-likeness (QED) is 0.470. The fourth-order valence-corrected chi connectivity index (χ4v) is 3.72. The average Bonchev–Trinajstić information content (AvgIpc) is 3.13. The summed E-state index contributed by atoms with van der Waals surface area (Å²) in [4.78, 5) is 13.6. The minimum absolute atomic E-state index is 0. The van der Waals surface area contributed by atoms with Crippen molar-refractivity contribution in [3.63, 3.8) is 0 Å². The lowest BCUT2D eigenvalue weighted by molar-refractivity contribution is -0.127. The minimum atomic E-state index is -0.282. The Labute approximate surface area is 194 Å². The first-order valence-corrected chi connectivity index (χ1v) is 10.8. The minimum Gasteiger partial charge on any atom is -0.490 e. The van der Waals surface area contributed by atoms with E-state index in [1.807, 2.05) is 24.0 Å². The zero-order valence-electron chi connectivity index (χ0n) is 17.7. The predicted molar refractivity (Wildman–Crippen MR) is 123 cm³/mol. The lowest BCUT2D eigenvalue weighted by Gasteiger charge is -2.17. The molecule has 1 N–H and O–H groups in total. The van der Waals surface area contributed by atoms with Crippen molar-refractivity contribution in [2.75, 3.05) is 26.2 Å². The van der Waals surface area contributed by atoms with Gasteiger partial charge in [-0.25, -0.2) is 4.39 Å². The standard InChI is InChI=1S/C23H28ClFN2O3.ClH/c1-2-29-21-14-18(15-26-10-4-12-27-11-3-5-22(27)28)13-20(24)23(21)30-16-17-6-8-19(25)9-7-17;/h6-9,13-14,26H,2-5,10-12,15-16H2,1H3;1H. The maximum atomic E-state index is 13.1. The molecule has 2 aromatic rings. The predicted octanol–water partition coefficient (Wildman–Crippen LogP) is 4.98. The van der Waals surface area contributed by atoms with Crippen LogP contribution in [-0.4, -0.2) is 37.0 Å². The molecule has 1 amide bonds. The number of halogens is 3. The van der Waals surface area contributed by atoms with Gasteiger partial charge in [0.15, 0.2) is 11.5 Å². The van der Waals surface area contributed by atoms with Crippen molar-refractivity contribution in [1.29, 1.82) is 0 Å². The van der Waals surface area contributed by atoms with E-state index in [4.69, 9.17) is 21.1 Å². The van der Waals surface area contributed by atoms with Crippen molar-refractivity contribution in [2.45, 2.75) is 39.3 Å². The number of carbonyl (C=O) groups excluding carboxylic acids is 1. The number of benzene rings is 2. The van der Waals surface area contributed by atoms with Crippen LogP contribution in [0.2, 0.25) is 5.02 Å². The smallest absolute Gasteiger partial charge is 0.222 e. The average molecular weight is 471 g/mol. The van der Waals surface area contributed by atoms with E-state index in [1.165, 1.54) is 12.1 Å². The summed E-state index contributed by atoms with van der Waals surface area (Å²) >= 11 is 6.47. The van der Waals surface area contributed by atoms with Crippen LogP contribution in [0, 0.1) is 5.82 Å². The van der Waals surface area contributed by atoms with E-state index in [9.17, 15) is 9.18 Å². The van der Waals surface area contributed by atoms with Crippen molar-refractivity contribution >= 4 is 29.9 Å². The number of hydrogen-bond acceptors (Lipinski definition) is 4. The highest BCUT2D eigenvalue weighted by Gasteiger charge is 2.19. The fraction of sp³-hybridized carbons (Fsp3) is 0.435. The molecule has 1 heterocycles. The van der Waals surface area contributed by atoms with Crippen molar-refractivity contribution in [2.24, 2.45) is 0 Å². The largest absolute Gasteiger partial charge is 0.490 e. The lowest BCUT2D eigenvalue weighted by Crippen LogP contribution is -2.28. The molecule has 0 aliphatic carbocycles. The molecule has 0 saturated carbocycles. The summed E-state index contributed by atoms with van der Waals surface area (Å²) in [6, 6.07) is 9.94. The van der Waals surface area contributed by atoms with E-state index in [0.717, 1.165) is 43.6 Å². The van der Waals surface area contributed by atoms with Crippen LogP contribution >= 0.6 is 24.0 Å². The van der Waals surface area contributed by atoms with Crippen LogP contribution in [0.5, 0.6) is 11.5 Å². The van der Waals surface area contributed by atoms with E-state index in [0.29, 0.717) is 36.1 Å². The van der Waals surface area contributed by atoms with E-state index in [2.05, 4.69) is 5.32 Å². The van der Waals surface area contributed by atoms with Crippen LogP contribution in [0.25, 0.3) is 0 Å². The number of likely N-dealkylation sites (tertiary alicyclic amines) is 1. The molecule has 31 heavy (non-hydrogen) atoms. The normalized spacial score (nSPS) is 13.3. The summed E-state index contributed by atoms with van der Waals surface area (Å²) in [5.41, 5.74) is 1.84. The van der Waals surface area contributed by atoms with Crippen molar-refractivity contribution in [3.8, 4) is 11.5 Å². The Bertz CT molecular complexity index is 849. The molecule has 0 unspecified atom stereocenters. The molecule has 1 fully saturated rings. The number of carbonyl (C=O) groups is 1. The lowest BCUT2D eigenvalue weighted by atomic mass is 10.2. The van der Waals surface area contributed by atoms with Gasteiger partial charge in [0.1, 0.15) is 12.4 Å². The summed E-state index contributed by atoms with van der Waals surface area (Å²) in [6.45, 7) is 5.80. The van der Waals surface area contributed by atoms with Gasteiger partial charge >= 0.3 is 0 Å². The van der Waals surface area contributed by atoms with Gasteiger partial charge in [0, 0.05) is 26.1 Å². The topological polar surface area (TPSA) is 50.8 Å². The zero-order valence-corrected chi connectivity index (χ0v) is 19.2. The van der Waals surface area contributed by atoms with Gasteiger partial charge in [-0.15, -0.1) is 12.4 Å². The molecular formula is C23H29Cl2FN2O3. The third-order valence-corrected chi connectivity index (χ3v) is 5.23. The monoisotopic (exact) mass is 470 g/mol. The van der Waals surface area contributed by atoms with E-state index in [-0.39, 0.29) is 30.7 Å². The molecule has 1 aliphatic heterocycles. The maximum Gasteiger partial charge on any atom is 0.222 e. The van der Waals surface area contributed by atoms with E-state index >= 15 is 0 Å². The second kappa shape index (κ2) is 12.7. The molecule has 3 rings (SSSR count). The molecule has 0 atom stereocenters. The van der Waals surface area contributed by atoms with Gasteiger partial charge in [-0.05, 0) is 61.7 Å². The van der Waals surface area contributed by atoms with Gasteiger partial charge in [-0.2, -0.15) is 0 Å². The number of amides is 1. The molecule has 0 radical (unpaired) electrons. The van der Waals surface area contributed by atoms with Crippen LogP contribution in [-0.2, 0) is 17.9 Å². The molecule has 0 spiro atoms. The van der Waals surface area contributed by atoms with Crippen LogP contribution < -0.4 is 14.8 Å². The summed E-state index contributed by atoms with van der Waals surface area (Å²) < 4.78 is 24.7. The van der Waals surface area contributed by atoms with Crippen molar-refractivity contribution in [3.05, 3.63) is 58.4 Å². The summed E-state index contributed by atoms with van der Waals surface area (Å²) in [7, 11) is 0. The van der Waals surface area contributed by atoms with Gasteiger partial charge in [-0.3, -0.25) is 4.79 Å². The number of rotatable bonds is 11. The third kappa shape index (κ3) is 7.56. The van der Waals surface area contributed by atoms with Gasteiger partial charge in [0.05, 0.1) is 11.6 Å². The molecule has 8 heteroatoms. The van der Waals surface area contributed by atoms with Crippen LogP contribution in [0.4, 0.5) is 4.39 Å². The summed E-state index contributed by atoms with van der Waals surface area (Å²) in [6.07, 6.45) is 2.57. The molecule has 170 valence electrons. The summed E-state index contributed by atoms with van der Waals surface area (Å²) in [5, 5.41) is 3.87. The highest BCUT2D eigenvalue weighted by Crippen LogP contribution is 2.37. The second-order valence-corrected chi connectivity index (χ2v) is 7.67. The van der Waals surface area contributed by atoms with Gasteiger partial charge in [0.2, 0.25) is 5.91 Å². The highest BCUT2D eigenvalue weighted by molar-refractivity contribution is 6.32. The molecule has 1 aliphatic rings. The Balaban J connectivity index is 0.00000341. The number of ether oxygens (including phenoxy) is 2. The van der Waals surface area contributed by atoms with Crippen LogP contribution in [0.15, 0.2) is 36.4 Å². The molecule has 1 saturated heterocycles. The van der Waals surface area contributed by atoms with Crippen LogP contribution in [0.3, 0.4) is 0 Å². The van der Waals surface area contributed by atoms with Crippen molar-refractivity contribution in [1.82, 2.24) is 10.2 Å². The first kappa shape index (κ1) is 25.2. The molecule has 0 bridgehead atoms. The SMILES string of the molecule is CCOc1cc(CNCCCN2CCCC2=O)cc(Cl)c1OCc1ccc(F)cc1.Cl. The van der Waals surface area contributed by atoms with Gasteiger partial charge in [-0.1, -0.05) is 23.7 Å². The van der Waals surface area contributed by atoms with E-state index < -0.39 is 0 Å². The molecular weight excluding hydrogens is 442 g/mol. The fourth-order valence-electron chi connectivity index (χ4n) is 3.43. The Morgan fingerprint density at radius 3 is 2.61 bits per heavy atom. The number of nitrogens with one attached hydrogen (secondary N) is 1. The highest BCUT2D eigenvalue weighted by atomic mass is 35.5. The van der Waals surface area contributed by atoms with Crippen LogP contribution in [0.1, 0.15) is 37.3 Å². The Morgan fingerprint density at radius 2 is 1.94 bits per heavy atom. The first-order valence-electron chi connectivity index (χ1n) is 10.4. The number of nitrogens with zero attached hydrogens (tertiary/aromatic N) is 1. The van der Waals surface area contributed by atoms with Gasteiger partial charge < -0.3 is 19.7 Å².